The summed E-state index contributed by atoms with van der Waals surface area (Å²) in [7, 11) is 1.62. The van der Waals surface area contributed by atoms with Crippen LogP contribution in [0.1, 0.15) is 24.1 Å². The van der Waals surface area contributed by atoms with Crippen LogP contribution >= 0.6 is 0 Å². The van der Waals surface area contributed by atoms with Crippen molar-refractivity contribution in [3.63, 3.8) is 0 Å². The van der Waals surface area contributed by atoms with Gasteiger partial charge in [0.1, 0.15) is 11.6 Å². The third kappa shape index (κ3) is 3.19. The first-order chi connectivity index (χ1) is 15.2. The Labute approximate surface area is 181 Å². The number of nitrogens with zero attached hydrogens (tertiary/aromatic N) is 4. The lowest BCUT2D eigenvalue weighted by Gasteiger charge is -2.37. The van der Waals surface area contributed by atoms with Crippen LogP contribution in [0.3, 0.4) is 0 Å². The molecule has 0 spiro atoms. The predicted molar refractivity (Wildman–Crippen MR) is 119 cm³/mol. The van der Waals surface area contributed by atoms with Gasteiger partial charge in [-0.25, -0.2) is 4.39 Å². The fourth-order valence-corrected chi connectivity index (χ4v) is 5.46. The number of hydrogen-bond acceptors (Lipinski definition) is 6. The van der Waals surface area contributed by atoms with E-state index in [1.807, 2.05) is 24.3 Å². The van der Waals surface area contributed by atoms with Gasteiger partial charge >= 0.3 is 6.01 Å². The Morgan fingerprint density at radius 3 is 2.58 bits per heavy atom. The minimum absolute atomic E-state index is 0.184. The van der Waals surface area contributed by atoms with E-state index < -0.39 is 0 Å². The summed E-state index contributed by atoms with van der Waals surface area (Å²) in [6.07, 6.45) is 3.29. The largest absolute Gasteiger partial charge is 0.467 e. The van der Waals surface area contributed by atoms with Gasteiger partial charge in [0, 0.05) is 48.4 Å². The molecule has 6 rings (SSSR count). The highest BCUT2D eigenvalue weighted by Crippen LogP contribution is 2.36. The summed E-state index contributed by atoms with van der Waals surface area (Å²) in [5.41, 5.74) is 3.10. The van der Waals surface area contributed by atoms with Crippen molar-refractivity contribution in [2.24, 2.45) is 0 Å². The number of anilines is 2. The number of halogens is 1. The van der Waals surface area contributed by atoms with Crippen molar-refractivity contribution in [3.05, 3.63) is 53.5 Å². The van der Waals surface area contributed by atoms with E-state index in [0.29, 0.717) is 30.0 Å². The minimum Gasteiger partial charge on any atom is -0.467 e. The molecular weight excluding hydrogens is 393 g/mol. The van der Waals surface area contributed by atoms with Crippen molar-refractivity contribution in [1.82, 2.24) is 15.3 Å². The molecule has 7 heteroatoms. The number of ether oxygens (including phenoxy) is 1. The zero-order valence-corrected chi connectivity index (χ0v) is 17.6. The van der Waals surface area contributed by atoms with Crippen LogP contribution in [0.4, 0.5) is 15.9 Å². The Morgan fingerprint density at radius 2 is 1.81 bits per heavy atom. The molecule has 0 saturated carbocycles. The monoisotopic (exact) mass is 419 g/mol. The minimum atomic E-state index is -0.184. The lowest BCUT2D eigenvalue weighted by Crippen LogP contribution is -2.52. The number of fused-ring (bicyclic) bond motifs is 4. The molecule has 2 saturated heterocycles. The van der Waals surface area contributed by atoms with E-state index in [1.165, 1.54) is 24.5 Å². The molecule has 1 N–H and O–H groups in total. The topological polar surface area (TPSA) is 53.5 Å². The standard InChI is InChI=1S/C24H26FN5O/c1-31-24-27-20-14-29(21-7-3-5-15-4-2-6-19(25)22(15)21)11-10-18(20)23(28-24)30-12-16-8-9-17(13-30)26-16/h2-7,16-17,26H,8-14H2,1H3. The van der Waals surface area contributed by atoms with Crippen molar-refractivity contribution in [2.75, 3.05) is 36.5 Å². The van der Waals surface area contributed by atoms with Gasteiger partial charge in [0.25, 0.3) is 0 Å². The summed E-state index contributed by atoms with van der Waals surface area (Å²) in [5.74, 6) is 0.833. The molecule has 3 aromatic rings. The molecule has 6 nitrogen and oxygen atoms in total. The lowest BCUT2D eigenvalue weighted by atomic mass is 10.0. The Bertz CT molecular complexity index is 1140. The van der Waals surface area contributed by atoms with Gasteiger partial charge in [-0.2, -0.15) is 9.97 Å². The molecule has 0 radical (unpaired) electrons. The summed E-state index contributed by atoms with van der Waals surface area (Å²) < 4.78 is 20.2. The van der Waals surface area contributed by atoms with Crippen molar-refractivity contribution in [2.45, 2.75) is 37.9 Å². The second-order valence-corrected chi connectivity index (χ2v) is 8.79. The molecule has 1 aromatic heterocycles. The van der Waals surface area contributed by atoms with E-state index in [9.17, 15) is 4.39 Å². The number of benzene rings is 2. The van der Waals surface area contributed by atoms with Crippen molar-refractivity contribution >= 4 is 22.3 Å². The zero-order valence-electron chi connectivity index (χ0n) is 17.6. The average Bonchev–Trinajstić information content (AvgIpc) is 3.15. The first-order valence-electron chi connectivity index (χ1n) is 11.1. The highest BCUT2D eigenvalue weighted by atomic mass is 19.1. The molecule has 0 amide bonds. The lowest BCUT2D eigenvalue weighted by molar-refractivity contribution is 0.374. The van der Waals surface area contributed by atoms with E-state index in [2.05, 4.69) is 15.1 Å². The van der Waals surface area contributed by atoms with E-state index in [1.54, 1.807) is 13.2 Å². The molecule has 2 aromatic carbocycles. The van der Waals surface area contributed by atoms with Gasteiger partial charge < -0.3 is 19.9 Å². The van der Waals surface area contributed by atoms with Crippen LogP contribution < -0.4 is 19.9 Å². The first kappa shape index (κ1) is 18.8. The van der Waals surface area contributed by atoms with E-state index in [0.717, 1.165) is 48.6 Å². The molecule has 4 heterocycles. The van der Waals surface area contributed by atoms with Crippen LogP contribution in [-0.2, 0) is 13.0 Å². The normalized spacial score (nSPS) is 22.6. The number of rotatable bonds is 3. The molecule has 0 aliphatic carbocycles. The Morgan fingerprint density at radius 1 is 1.03 bits per heavy atom. The van der Waals surface area contributed by atoms with Gasteiger partial charge in [-0.15, -0.1) is 0 Å². The van der Waals surface area contributed by atoms with Gasteiger partial charge in [0.2, 0.25) is 0 Å². The van der Waals surface area contributed by atoms with Gasteiger partial charge in [0.15, 0.2) is 0 Å². The van der Waals surface area contributed by atoms with E-state index >= 15 is 0 Å². The third-order valence-corrected chi connectivity index (χ3v) is 6.89. The SMILES string of the molecule is COc1nc2c(c(N3CC4CCC(C3)N4)n1)CCN(c1cccc3cccc(F)c13)C2. The molecule has 2 bridgehead atoms. The smallest absolute Gasteiger partial charge is 0.318 e. The highest BCUT2D eigenvalue weighted by Gasteiger charge is 2.35. The molecule has 2 fully saturated rings. The van der Waals surface area contributed by atoms with Crippen molar-refractivity contribution in [1.29, 1.82) is 0 Å². The Kier molecular flexibility index (Phi) is 4.45. The van der Waals surface area contributed by atoms with Crippen LogP contribution in [0, 0.1) is 5.82 Å². The molecule has 3 aliphatic rings. The number of methoxy groups -OCH3 is 1. The van der Waals surface area contributed by atoms with Crippen LogP contribution in [-0.4, -0.2) is 48.8 Å². The third-order valence-electron chi connectivity index (χ3n) is 6.89. The summed E-state index contributed by atoms with van der Waals surface area (Å²) in [4.78, 5) is 14.1. The second-order valence-electron chi connectivity index (χ2n) is 8.79. The van der Waals surface area contributed by atoms with E-state index in [4.69, 9.17) is 14.7 Å². The van der Waals surface area contributed by atoms with Gasteiger partial charge in [0.05, 0.1) is 19.3 Å². The second kappa shape index (κ2) is 7.34. The van der Waals surface area contributed by atoms with Gasteiger partial charge in [-0.1, -0.05) is 24.3 Å². The fraction of sp³-hybridized carbons (Fsp3) is 0.417. The maximum Gasteiger partial charge on any atom is 0.318 e. The fourth-order valence-electron chi connectivity index (χ4n) is 5.46. The summed E-state index contributed by atoms with van der Waals surface area (Å²) in [5, 5.41) is 5.28. The quantitative estimate of drug-likeness (QED) is 0.703. The summed E-state index contributed by atoms with van der Waals surface area (Å²) >= 11 is 0. The Balaban J connectivity index is 1.38. The highest BCUT2D eigenvalue weighted by molar-refractivity contribution is 5.95. The number of piperazine rings is 1. The maximum absolute atomic E-state index is 14.7. The van der Waals surface area contributed by atoms with Crippen LogP contribution in [0.25, 0.3) is 10.8 Å². The van der Waals surface area contributed by atoms with Crippen LogP contribution in [0.15, 0.2) is 36.4 Å². The molecule has 160 valence electrons. The van der Waals surface area contributed by atoms with E-state index in [-0.39, 0.29) is 5.82 Å². The van der Waals surface area contributed by atoms with Crippen molar-refractivity contribution < 1.29 is 9.13 Å². The first-order valence-corrected chi connectivity index (χ1v) is 11.1. The predicted octanol–water partition coefficient (Wildman–Crippen LogP) is 3.28. The van der Waals surface area contributed by atoms with Gasteiger partial charge in [-0.3, -0.25) is 0 Å². The maximum atomic E-state index is 14.7. The average molecular weight is 420 g/mol. The van der Waals surface area contributed by atoms with Crippen LogP contribution in [0.5, 0.6) is 6.01 Å². The Hall–Kier alpha value is -2.93. The molecular formula is C24H26FN5O. The number of hydrogen-bond donors (Lipinski definition) is 1. The summed E-state index contributed by atoms with van der Waals surface area (Å²) in [6, 6.07) is 12.7. The molecule has 31 heavy (non-hydrogen) atoms. The molecule has 2 atom stereocenters. The molecule has 3 aliphatic heterocycles. The molecule has 2 unspecified atom stereocenters. The van der Waals surface area contributed by atoms with Gasteiger partial charge in [-0.05, 0) is 36.8 Å². The van der Waals surface area contributed by atoms with Crippen LogP contribution in [0.2, 0.25) is 0 Å². The van der Waals surface area contributed by atoms with Crippen molar-refractivity contribution in [3.8, 4) is 6.01 Å². The number of nitrogens with one attached hydrogen (secondary N) is 1. The zero-order chi connectivity index (χ0) is 20.9. The summed E-state index contributed by atoms with van der Waals surface area (Å²) in [6.45, 7) is 3.37. The number of aromatic nitrogens is 2.